The number of nitrogens with zero attached hydrogens (tertiary/aromatic N) is 2. The first kappa shape index (κ1) is 27.9. The molecule has 1 spiro atoms. The molecule has 3 heterocycles. The average molecular weight is 663 g/mol. The lowest BCUT2D eigenvalue weighted by Crippen LogP contribution is -2.32. The van der Waals surface area contributed by atoms with Gasteiger partial charge < -0.3 is 13.9 Å². The molecule has 0 saturated heterocycles. The molecular formula is C49H30N2O. The molecule has 0 amide bonds. The summed E-state index contributed by atoms with van der Waals surface area (Å²) < 4.78 is 11.6. The van der Waals surface area contributed by atoms with Crippen LogP contribution in [0.1, 0.15) is 22.3 Å². The van der Waals surface area contributed by atoms with E-state index in [4.69, 9.17) is 4.74 Å². The van der Waals surface area contributed by atoms with Crippen LogP contribution >= 0.6 is 0 Å². The van der Waals surface area contributed by atoms with Crippen molar-refractivity contribution in [3.8, 4) is 34.0 Å². The molecule has 2 aromatic heterocycles. The molecule has 3 nitrogen and oxygen atoms in total. The number of fused-ring (bicyclic) bond motifs is 15. The lowest BCUT2D eigenvalue weighted by molar-refractivity contribution is 0.436. The van der Waals surface area contributed by atoms with Gasteiger partial charge in [-0.25, -0.2) is 0 Å². The first-order valence-electron chi connectivity index (χ1n) is 17.9. The van der Waals surface area contributed by atoms with E-state index in [-0.39, 0.29) is 0 Å². The van der Waals surface area contributed by atoms with Crippen molar-refractivity contribution in [2.75, 3.05) is 0 Å². The van der Waals surface area contributed by atoms with Crippen LogP contribution in [0, 0.1) is 0 Å². The highest BCUT2D eigenvalue weighted by Crippen LogP contribution is 2.62. The predicted octanol–water partition coefficient (Wildman–Crippen LogP) is 12.3. The van der Waals surface area contributed by atoms with Gasteiger partial charge in [-0.1, -0.05) is 121 Å². The summed E-state index contributed by atoms with van der Waals surface area (Å²) in [6, 6.07) is 66.5. The number of rotatable bonds is 2. The summed E-state index contributed by atoms with van der Waals surface area (Å²) in [6.07, 6.45) is 0. The Morgan fingerprint density at radius 1 is 0.327 bits per heavy atom. The molecule has 0 atom stereocenters. The zero-order valence-electron chi connectivity index (χ0n) is 28.1. The zero-order valence-corrected chi connectivity index (χ0v) is 28.1. The highest BCUT2D eigenvalue weighted by atomic mass is 16.5. The summed E-state index contributed by atoms with van der Waals surface area (Å²) in [5.74, 6) is 1.79. The Balaban J connectivity index is 1.21. The van der Waals surface area contributed by atoms with Crippen LogP contribution in [0.2, 0.25) is 0 Å². The maximum Gasteiger partial charge on any atom is 0.132 e. The second-order valence-electron chi connectivity index (χ2n) is 14.0. The second kappa shape index (κ2) is 10.1. The van der Waals surface area contributed by atoms with E-state index in [9.17, 15) is 0 Å². The smallest absolute Gasteiger partial charge is 0.132 e. The van der Waals surface area contributed by atoms with Gasteiger partial charge in [0.05, 0.1) is 27.5 Å². The second-order valence-corrected chi connectivity index (χ2v) is 14.0. The van der Waals surface area contributed by atoms with Gasteiger partial charge in [0.2, 0.25) is 0 Å². The lowest BCUT2D eigenvalue weighted by atomic mass is 9.66. The Morgan fingerprint density at radius 2 is 0.673 bits per heavy atom. The topological polar surface area (TPSA) is 19.1 Å². The average Bonchev–Trinajstić information content (AvgIpc) is 3.82. The molecule has 242 valence electrons. The van der Waals surface area contributed by atoms with Crippen molar-refractivity contribution in [1.82, 2.24) is 9.13 Å². The monoisotopic (exact) mass is 662 g/mol. The summed E-state index contributed by atoms with van der Waals surface area (Å²) >= 11 is 0. The molecule has 12 rings (SSSR count). The minimum Gasteiger partial charge on any atom is -0.457 e. The molecule has 1 aliphatic heterocycles. The van der Waals surface area contributed by atoms with Gasteiger partial charge in [0.25, 0.3) is 0 Å². The molecule has 2 aliphatic rings. The van der Waals surface area contributed by atoms with Crippen LogP contribution in [0.5, 0.6) is 11.5 Å². The summed E-state index contributed by atoms with van der Waals surface area (Å²) in [4.78, 5) is 0. The summed E-state index contributed by atoms with van der Waals surface area (Å²) in [7, 11) is 0. The van der Waals surface area contributed by atoms with Gasteiger partial charge in [-0.3, -0.25) is 0 Å². The first-order chi connectivity index (χ1) is 25.8. The molecule has 0 fully saturated rings. The van der Waals surface area contributed by atoms with E-state index in [1.165, 1.54) is 65.9 Å². The molecule has 3 heteroatoms. The van der Waals surface area contributed by atoms with E-state index in [2.05, 4.69) is 191 Å². The van der Waals surface area contributed by atoms with Crippen LogP contribution in [0.15, 0.2) is 182 Å². The standard InChI is InChI=1S/C49H30N2O/c1-7-19-43-35(13-1)36-14-2-8-20-44(36)50(43)31-25-27-33-34-28-26-32(51-45-21-9-3-15-37(45)38-16-4-10-22-46(38)51)30-42(34)49(41(33)29-31)39-17-5-11-23-47(39)52-48-24-12-6-18-40(48)49/h1-30H. The molecule has 8 aromatic carbocycles. The third kappa shape index (κ3) is 3.45. The van der Waals surface area contributed by atoms with Gasteiger partial charge in [0.15, 0.2) is 0 Å². The third-order valence-corrected chi connectivity index (χ3v) is 11.6. The van der Waals surface area contributed by atoms with Crippen molar-refractivity contribution in [2.45, 2.75) is 5.41 Å². The molecule has 1 aliphatic carbocycles. The quantitative estimate of drug-likeness (QED) is 0.180. The number of ether oxygens (including phenoxy) is 1. The van der Waals surface area contributed by atoms with Gasteiger partial charge in [-0.2, -0.15) is 0 Å². The number of aromatic nitrogens is 2. The largest absolute Gasteiger partial charge is 0.457 e. The highest BCUT2D eigenvalue weighted by molar-refractivity contribution is 6.10. The normalized spacial score (nSPS) is 13.7. The van der Waals surface area contributed by atoms with E-state index in [0.29, 0.717) is 0 Å². The van der Waals surface area contributed by atoms with Crippen molar-refractivity contribution in [2.24, 2.45) is 0 Å². The molecule has 52 heavy (non-hydrogen) atoms. The van der Waals surface area contributed by atoms with Crippen molar-refractivity contribution >= 4 is 43.6 Å². The van der Waals surface area contributed by atoms with Gasteiger partial charge in [-0.05, 0) is 82.9 Å². The van der Waals surface area contributed by atoms with Crippen LogP contribution in [-0.2, 0) is 5.41 Å². The van der Waals surface area contributed by atoms with E-state index < -0.39 is 5.41 Å². The molecule has 0 saturated carbocycles. The fourth-order valence-electron chi connectivity index (χ4n) is 9.55. The fraction of sp³-hybridized carbons (Fsp3) is 0.0204. The Hall–Kier alpha value is -6.84. The Labute approximate surface area is 300 Å². The molecule has 0 radical (unpaired) electrons. The summed E-state index contributed by atoms with van der Waals surface area (Å²) in [5.41, 5.74) is 13.8. The van der Waals surface area contributed by atoms with E-state index >= 15 is 0 Å². The zero-order chi connectivity index (χ0) is 34.0. The van der Waals surface area contributed by atoms with Gasteiger partial charge in [0, 0.05) is 44.0 Å². The van der Waals surface area contributed by atoms with Crippen molar-refractivity contribution in [3.63, 3.8) is 0 Å². The molecule has 10 aromatic rings. The maximum absolute atomic E-state index is 6.72. The molecular weight excluding hydrogens is 633 g/mol. The number of hydrogen-bond donors (Lipinski definition) is 0. The van der Waals surface area contributed by atoms with Crippen molar-refractivity contribution in [3.05, 3.63) is 204 Å². The van der Waals surface area contributed by atoms with Crippen LogP contribution in [-0.4, -0.2) is 9.13 Å². The highest BCUT2D eigenvalue weighted by Gasteiger charge is 2.51. The van der Waals surface area contributed by atoms with Crippen molar-refractivity contribution < 1.29 is 4.74 Å². The predicted molar refractivity (Wildman–Crippen MR) is 212 cm³/mol. The molecule has 0 unspecified atom stereocenters. The van der Waals surface area contributed by atoms with E-state index in [1.54, 1.807) is 0 Å². The third-order valence-electron chi connectivity index (χ3n) is 11.6. The first-order valence-corrected chi connectivity index (χ1v) is 17.9. The Kier molecular flexibility index (Phi) is 5.43. The number of hydrogen-bond acceptors (Lipinski definition) is 1. The van der Waals surface area contributed by atoms with Crippen LogP contribution in [0.4, 0.5) is 0 Å². The van der Waals surface area contributed by atoms with Crippen molar-refractivity contribution in [1.29, 1.82) is 0 Å². The minimum absolute atomic E-state index is 0.611. The van der Waals surface area contributed by atoms with Gasteiger partial charge >= 0.3 is 0 Å². The lowest BCUT2D eigenvalue weighted by Gasteiger charge is -2.39. The van der Waals surface area contributed by atoms with Crippen LogP contribution in [0.25, 0.3) is 66.1 Å². The maximum atomic E-state index is 6.72. The number of para-hydroxylation sites is 6. The SMILES string of the molecule is c1ccc2c(c1)Oc1ccccc1C21c2cc(-n3c4ccccc4c4ccccc43)ccc2-c2ccc(-n3c4ccccc4c4ccccc43)cc21. The summed E-state index contributed by atoms with van der Waals surface area (Å²) in [6.45, 7) is 0. The Bertz CT molecular complexity index is 2810. The Morgan fingerprint density at radius 3 is 1.08 bits per heavy atom. The molecule has 0 bridgehead atoms. The summed E-state index contributed by atoms with van der Waals surface area (Å²) in [5, 5.41) is 5.03. The number of benzene rings is 8. The van der Waals surface area contributed by atoms with Gasteiger partial charge in [-0.15, -0.1) is 0 Å². The van der Waals surface area contributed by atoms with Crippen LogP contribution < -0.4 is 4.74 Å². The fourth-order valence-corrected chi connectivity index (χ4v) is 9.55. The van der Waals surface area contributed by atoms with E-state index in [0.717, 1.165) is 34.0 Å². The van der Waals surface area contributed by atoms with E-state index in [1.807, 2.05) is 0 Å². The molecule has 0 N–H and O–H groups in total. The minimum atomic E-state index is -0.611. The van der Waals surface area contributed by atoms with Gasteiger partial charge in [0.1, 0.15) is 11.5 Å². The van der Waals surface area contributed by atoms with Crippen LogP contribution in [0.3, 0.4) is 0 Å².